The van der Waals surface area contributed by atoms with E-state index in [-0.39, 0.29) is 24.1 Å². The fraction of sp³-hybridized carbons (Fsp3) is 0.286. The van der Waals surface area contributed by atoms with Crippen LogP contribution in [0.4, 0.5) is 9.39 Å². The van der Waals surface area contributed by atoms with Crippen molar-refractivity contribution in [2.24, 2.45) is 0 Å². The topological polar surface area (TPSA) is 79.9 Å². The molecular formula is C21H19FN4O2S. The molecule has 4 rings (SSSR count). The van der Waals surface area contributed by atoms with Crippen LogP contribution in [-0.4, -0.2) is 15.7 Å². The number of hydrogen-bond donors (Lipinski definition) is 1. The molecule has 0 bridgehead atoms. The van der Waals surface area contributed by atoms with E-state index < -0.39 is 5.82 Å². The molecule has 8 heteroatoms. The molecule has 2 heterocycles. The minimum atomic E-state index is -0.459. The Hall–Kier alpha value is -3.18. The van der Waals surface area contributed by atoms with Gasteiger partial charge in [0.25, 0.3) is 5.91 Å². The molecule has 0 spiro atoms. The summed E-state index contributed by atoms with van der Waals surface area (Å²) < 4.78 is 20.4. The summed E-state index contributed by atoms with van der Waals surface area (Å²) >= 11 is 1.48. The number of nitrogens with one attached hydrogen (secondary N) is 1. The molecule has 148 valence electrons. The molecule has 2 aromatic heterocycles. The van der Waals surface area contributed by atoms with Crippen molar-refractivity contribution in [3.05, 3.63) is 64.0 Å². The number of fused-ring (bicyclic) bond motifs is 1. The summed E-state index contributed by atoms with van der Waals surface area (Å²) in [5.41, 5.74) is 1.85. The van der Waals surface area contributed by atoms with Gasteiger partial charge in [0.05, 0.1) is 5.56 Å². The lowest BCUT2D eigenvalue weighted by Crippen LogP contribution is -2.14. The summed E-state index contributed by atoms with van der Waals surface area (Å²) in [6, 6.07) is 9.91. The number of nitrogens with zero attached hydrogens (tertiary/aromatic N) is 3. The lowest BCUT2D eigenvalue weighted by molar-refractivity contribution is 0.102. The van der Waals surface area contributed by atoms with Crippen molar-refractivity contribution >= 4 is 22.2 Å². The van der Waals surface area contributed by atoms with Gasteiger partial charge in [-0.05, 0) is 49.4 Å². The molecule has 1 N–H and O–H groups in total. The number of aryl methyl sites for hydroxylation is 1. The Bertz CT molecular complexity index is 1080. The quantitative estimate of drug-likeness (QED) is 0.628. The van der Waals surface area contributed by atoms with Crippen LogP contribution in [0.25, 0.3) is 0 Å². The molecular weight excluding hydrogens is 391 g/mol. The average molecular weight is 410 g/mol. The number of benzene rings is 1. The molecule has 0 fully saturated rings. The Labute approximate surface area is 171 Å². The second-order valence-corrected chi connectivity index (χ2v) is 7.88. The predicted octanol–water partition coefficient (Wildman–Crippen LogP) is 4.51. The smallest absolute Gasteiger partial charge is 0.276 e. The van der Waals surface area contributed by atoms with E-state index in [2.05, 4.69) is 16.5 Å². The van der Waals surface area contributed by atoms with Gasteiger partial charge in [0.15, 0.2) is 24.0 Å². The SMILES string of the molecule is N#Cc1c(NC(=O)c2ccn(COc3ccccc3F)n2)sc2c1CCCCC2. The maximum atomic E-state index is 13.6. The summed E-state index contributed by atoms with van der Waals surface area (Å²) in [5, 5.41) is 17.2. The Morgan fingerprint density at radius 1 is 1.28 bits per heavy atom. The Morgan fingerprint density at radius 3 is 2.93 bits per heavy atom. The number of amides is 1. The number of carbonyl (C=O) groups excluding carboxylic acids is 1. The minimum absolute atomic E-state index is 0.0229. The number of rotatable bonds is 5. The summed E-state index contributed by atoms with van der Waals surface area (Å²) in [6.07, 6.45) is 6.76. The predicted molar refractivity (Wildman–Crippen MR) is 108 cm³/mol. The normalized spacial score (nSPS) is 13.2. The first-order valence-corrected chi connectivity index (χ1v) is 10.2. The first-order chi connectivity index (χ1) is 14.2. The maximum absolute atomic E-state index is 13.6. The van der Waals surface area contributed by atoms with Crippen LogP contribution < -0.4 is 10.1 Å². The van der Waals surface area contributed by atoms with Gasteiger partial charge in [-0.3, -0.25) is 4.79 Å². The molecule has 0 radical (unpaired) electrons. The van der Waals surface area contributed by atoms with E-state index in [1.807, 2.05) is 0 Å². The largest absolute Gasteiger partial charge is 0.468 e. The van der Waals surface area contributed by atoms with Gasteiger partial charge in [-0.1, -0.05) is 18.6 Å². The minimum Gasteiger partial charge on any atom is -0.468 e. The highest BCUT2D eigenvalue weighted by molar-refractivity contribution is 7.16. The van der Waals surface area contributed by atoms with Crippen molar-refractivity contribution < 1.29 is 13.9 Å². The Balaban J connectivity index is 1.45. The third kappa shape index (κ3) is 4.15. The number of anilines is 1. The van der Waals surface area contributed by atoms with E-state index in [1.54, 1.807) is 24.4 Å². The molecule has 0 atom stereocenters. The number of nitriles is 1. The van der Waals surface area contributed by atoms with Crippen LogP contribution in [0, 0.1) is 17.1 Å². The monoisotopic (exact) mass is 410 g/mol. The van der Waals surface area contributed by atoms with Crippen LogP contribution in [0.2, 0.25) is 0 Å². The fourth-order valence-electron chi connectivity index (χ4n) is 3.37. The Morgan fingerprint density at radius 2 is 2.10 bits per heavy atom. The van der Waals surface area contributed by atoms with Gasteiger partial charge < -0.3 is 10.1 Å². The third-order valence-electron chi connectivity index (χ3n) is 4.82. The second kappa shape index (κ2) is 8.45. The zero-order chi connectivity index (χ0) is 20.2. The van der Waals surface area contributed by atoms with Gasteiger partial charge in [0, 0.05) is 11.1 Å². The summed E-state index contributed by atoms with van der Waals surface area (Å²) in [6.45, 7) is -0.0229. The van der Waals surface area contributed by atoms with Crippen molar-refractivity contribution in [1.29, 1.82) is 5.26 Å². The number of halogens is 1. The lowest BCUT2D eigenvalue weighted by atomic mass is 10.1. The maximum Gasteiger partial charge on any atom is 0.276 e. The molecule has 0 aliphatic heterocycles. The zero-order valence-electron chi connectivity index (χ0n) is 15.7. The van der Waals surface area contributed by atoms with Gasteiger partial charge in [-0.25, -0.2) is 9.07 Å². The summed E-state index contributed by atoms with van der Waals surface area (Å²) in [5.74, 6) is -0.727. The van der Waals surface area contributed by atoms with Gasteiger partial charge in [-0.2, -0.15) is 10.4 Å². The molecule has 1 aromatic carbocycles. The number of hydrogen-bond acceptors (Lipinski definition) is 5. The summed E-state index contributed by atoms with van der Waals surface area (Å²) in [7, 11) is 0. The van der Waals surface area contributed by atoms with E-state index in [9.17, 15) is 14.4 Å². The third-order valence-corrected chi connectivity index (χ3v) is 6.03. The second-order valence-electron chi connectivity index (χ2n) is 6.78. The Kier molecular flexibility index (Phi) is 5.58. The van der Waals surface area contributed by atoms with Crippen LogP contribution in [0.1, 0.15) is 45.8 Å². The fourth-order valence-corrected chi connectivity index (χ4v) is 4.60. The van der Waals surface area contributed by atoms with Gasteiger partial charge in [-0.15, -0.1) is 11.3 Å². The van der Waals surface area contributed by atoms with Crippen LogP contribution in [0.15, 0.2) is 36.5 Å². The van der Waals surface area contributed by atoms with E-state index in [4.69, 9.17) is 4.74 Å². The number of aromatic nitrogens is 2. The van der Waals surface area contributed by atoms with Crippen molar-refractivity contribution in [2.75, 3.05) is 5.32 Å². The van der Waals surface area contributed by atoms with Crippen LogP contribution in [0.3, 0.4) is 0 Å². The highest BCUT2D eigenvalue weighted by Gasteiger charge is 2.22. The molecule has 3 aromatic rings. The average Bonchev–Trinajstić information content (AvgIpc) is 3.25. The van der Waals surface area contributed by atoms with E-state index in [0.29, 0.717) is 10.6 Å². The number of thiophene rings is 1. The van der Waals surface area contributed by atoms with E-state index in [0.717, 1.165) is 31.2 Å². The molecule has 1 aliphatic rings. The molecule has 29 heavy (non-hydrogen) atoms. The van der Waals surface area contributed by atoms with Crippen LogP contribution in [-0.2, 0) is 19.6 Å². The molecule has 0 saturated carbocycles. The van der Waals surface area contributed by atoms with Gasteiger partial charge >= 0.3 is 0 Å². The standard InChI is InChI=1S/C21H19FN4O2S/c22-16-7-4-5-8-18(16)28-13-26-11-10-17(25-26)20(27)24-21-15(12-23)14-6-2-1-3-9-19(14)29-21/h4-5,7-8,10-11H,1-3,6,9,13H2,(H,24,27). The molecule has 0 saturated heterocycles. The van der Waals surface area contributed by atoms with Crippen molar-refractivity contribution in [2.45, 2.75) is 38.8 Å². The number of carbonyl (C=O) groups is 1. The first-order valence-electron chi connectivity index (χ1n) is 9.42. The number of para-hydroxylation sites is 1. The van der Waals surface area contributed by atoms with Crippen molar-refractivity contribution in [3.8, 4) is 11.8 Å². The molecule has 6 nitrogen and oxygen atoms in total. The molecule has 1 aliphatic carbocycles. The first kappa shape index (κ1) is 19.2. The van der Waals surface area contributed by atoms with Crippen molar-refractivity contribution in [1.82, 2.24) is 9.78 Å². The number of ether oxygens (including phenoxy) is 1. The highest BCUT2D eigenvalue weighted by Crippen LogP contribution is 2.37. The zero-order valence-corrected chi connectivity index (χ0v) is 16.5. The summed E-state index contributed by atoms with van der Waals surface area (Å²) in [4.78, 5) is 13.8. The van der Waals surface area contributed by atoms with Crippen LogP contribution in [0.5, 0.6) is 5.75 Å². The lowest BCUT2D eigenvalue weighted by Gasteiger charge is -2.06. The van der Waals surface area contributed by atoms with Crippen LogP contribution >= 0.6 is 11.3 Å². The highest BCUT2D eigenvalue weighted by atomic mass is 32.1. The van der Waals surface area contributed by atoms with E-state index in [1.165, 1.54) is 39.4 Å². The van der Waals surface area contributed by atoms with Gasteiger partial charge in [0.1, 0.15) is 11.1 Å². The molecule has 0 unspecified atom stereocenters. The van der Waals surface area contributed by atoms with E-state index >= 15 is 0 Å². The molecule has 1 amide bonds. The van der Waals surface area contributed by atoms with Gasteiger partial charge in [0.2, 0.25) is 0 Å². The van der Waals surface area contributed by atoms with Crippen molar-refractivity contribution in [3.63, 3.8) is 0 Å².